The van der Waals surface area contributed by atoms with Gasteiger partial charge in [-0.3, -0.25) is 15.1 Å². The van der Waals surface area contributed by atoms with E-state index in [0.717, 1.165) is 5.56 Å². The molecule has 0 amide bonds. The molecule has 0 fully saturated rings. The lowest BCUT2D eigenvalue weighted by Crippen LogP contribution is -1.88. The minimum Gasteiger partial charge on any atom is -0.280 e. The minimum absolute atomic E-state index is 0.0850. The molecule has 1 aromatic carbocycles. The van der Waals surface area contributed by atoms with Gasteiger partial charge in [0, 0.05) is 24.3 Å². The molecule has 0 saturated carbocycles. The first-order valence-corrected chi connectivity index (χ1v) is 5.32. The molecule has 88 valence electrons. The van der Waals surface area contributed by atoms with Gasteiger partial charge in [-0.2, -0.15) is 0 Å². The molecule has 17 heavy (non-hydrogen) atoms. The van der Waals surface area contributed by atoms with Gasteiger partial charge in [-0.15, -0.1) is 0 Å². The molecule has 1 aromatic rings. The smallest absolute Gasteiger partial charge is 0.269 e. The lowest BCUT2D eigenvalue weighted by Gasteiger charge is -1.92. The van der Waals surface area contributed by atoms with Crippen molar-refractivity contribution in [2.75, 3.05) is 6.54 Å². The van der Waals surface area contributed by atoms with Crippen molar-refractivity contribution in [2.45, 2.75) is 13.8 Å². The summed E-state index contributed by atoms with van der Waals surface area (Å²) in [6, 6.07) is 6.25. The Labute approximate surface area is 101 Å². The zero-order valence-electron chi connectivity index (χ0n) is 9.88. The minimum atomic E-state index is -0.422. The normalized spacial score (nSPS) is 10.3. The van der Waals surface area contributed by atoms with E-state index < -0.39 is 4.92 Å². The van der Waals surface area contributed by atoms with Crippen molar-refractivity contribution >= 4 is 11.9 Å². The number of non-ortho nitro benzene ring substituents is 1. The second-order valence-electron chi connectivity index (χ2n) is 3.79. The number of nitro groups is 1. The second kappa shape index (κ2) is 6.44. The predicted octanol–water partition coefficient (Wildman–Crippen LogP) is 2.67. The highest BCUT2D eigenvalue weighted by Gasteiger charge is 2.01. The van der Waals surface area contributed by atoms with Crippen LogP contribution in [0.25, 0.3) is 0 Å². The van der Waals surface area contributed by atoms with E-state index in [0.29, 0.717) is 12.5 Å². The second-order valence-corrected chi connectivity index (χ2v) is 3.79. The number of hydrogen-bond donors (Lipinski definition) is 0. The van der Waals surface area contributed by atoms with Crippen LogP contribution in [0.4, 0.5) is 5.69 Å². The van der Waals surface area contributed by atoms with Crippen LogP contribution in [0.5, 0.6) is 0 Å². The summed E-state index contributed by atoms with van der Waals surface area (Å²) in [7, 11) is 0. The lowest BCUT2D eigenvalue weighted by atomic mass is 10.2. The SMILES string of the molecule is CC(C)C#CCN=Cc1ccc([N+](=O)[O-])cc1. The number of benzene rings is 1. The van der Waals surface area contributed by atoms with Crippen LogP contribution in [-0.4, -0.2) is 17.7 Å². The van der Waals surface area contributed by atoms with Gasteiger partial charge in [0.25, 0.3) is 5.69 Å². The summed E-state index contributed by atoms with van der Waals surface area (Å²) in [6.45, 7) is 4.50. The molecule has 0 aromatic heterocycles. The van der Waals surface area contributed by atoms with Crippen molar-refractivity contribution < 1.29 is 4.92 Å². The highest BCUT2D eigenvalue weighted by Crippen LogP contribution is 2.10. The van der Waals surface area contributed by atoms with Crippen LogP contribution >= 0.6 is 0 Å². The summed E-state index contributed by atoms with van der Waals surface area (Å²) in [5, 5.41) is 10.4. The Morgan fingerprint density at radius 3 is 2.59 bits per heavy atom. The number of nitro benzene ring substituents is 1. The fraction of sp³-hybridized carbons (Fsp3) is 0.308. The zero-order chi connectivity index (χ0) is 12.7. The van der Waals surface area contributed by atoms with Gasteiger partial charge in [-0.1, -0.05) is 25.7 Å². The summed E-state index contributed by atoms with van der Waals surface area (Å²) in [4.78, 5) is 14.1. The van der Waals surface area contributed by atoms with Gasteiger partial charge in [0.2, 0.25) is 0 Å². The fourth-order valence-electron chi connectivity index (χ4n) is 1.13. The molecule has 0 aliphatic carbocycles. The molecule has 4 heteroatoms. The Kier molecular flexibility index (Phi) is 4.89. The lowest BCUT2D eigenvalue weighted by molar-refractivity contribution is -0.384. The number of aliphatic imine (C=N–C) groups is 1. The molecule has 4 nitrogen and oxygen atoms in total. The van der Waals surface area contributed by atoms with Crippen molar-refractivity contribution in [1.29, 1.82) is 0 Å². The molecular formula is C13H14N2O2. The van der Waals surface area contributed by atoms with Gasteiger partial charge in [0.1, 0.15) is 0 Å². The summed E-state index contributed by atoms with van der Waals surface area (Å²) in [5.41, 5.74) is 0.920. The Balaban J connectivity index is 2.55. The van der Waals surface area contributed by atoms with E-state index in [1.54, 1.807) is 18.3 Å². The monoisotopic (exact) mass is 230 g/mol. The maximum absolute atomic E-state index is 10.4. The van der Waals surface area contributed by atoms with E-state index in [9.17, 15) is 10.1 Å². The van der Waals surface area contributed by atoms with Crippen LogP contribution in [-0.2, 0) is 0 Å². The maximum atomic E-state index is 10.4. The maximum Gasteiger partial charge on any atom is 0.269 e. The third-order valence-electron chi connectivity index (χ3n) is 1.91. The van der Waals surface area contributed by atoms with Crippen molar-refractivity contribution in [3.8, 4) is 11.8 Å². The molecule has 0 atom stereocenters. The third-order valence-corrected chi connectivity index (χ3v) is 1.91. The van der Waals surface area contributed by atoms with E-state index in [-0.39, 0.29) is 5.69 Å². The number of nitrogens with zero attached hydrogens (tertiary/aromatic N) is 2. The topological polar surface area (TPSA) is 55.5 Å². The first kappa shape index (κ1) is 12.9. The molecule has 0 aliphatic heterocycles. The van der Waals surface area contributed by atoms with Crippen molar-refractivity contribution in [3.63, 3.8) is 0 Å². The molecule has 1 rings (SSSR count). The Morgan fingerprint density at radius 1 is 1.41 bits per heavy atom. The standard InChI is InChI=1S/C13H14N2O2/c1-11(2)4-3-9-14-10-12-5-7-13(8-6-12)15(16)17/h5-8,10-11H,9H2,1-2H3. The Morgan fingerprint density at radius 2 is 2.06 bits per heavy atom. The molecule has 0 bridgehead atoms. The van der Waals surface area contributed by atoms with E-state index in [4.69, 9.17) is 0 Å². The average molecular weight is 230 g/mol. The Hall–Kier alpha value is -2.15. The Bertz CT molecular complexity index is 464. The van der Waals surface area contributed by atoms with Crippen molar-refractivity contribution in [2.24, 2.45) is 10.9 Å². The molecule has 0 N–H and O–H groups in total. The van der Waals surface area contributed by atoms with Gasteiger partial charge in [0.15, 0.2) is 0 Å². The van der Waals surface area contributed by atoms with Crippen LogP contribution in [0, 0.1) is 27.9 Å². The van der Waals surface area contributed by atoms with Crippen LogP contribution in [0.3, 0.4) is 0 Å². The van der Waals surface area contributed by atoms with Crippen LogP contribution < -0.4 is 0 Å². The van der Waals surface area contributed by atoms with Crippen LogP contribution in [0.1, 0.15) is 19.4 Å². The molecule has 0 saturated heterocycles. The quantitative estimate of drug-likeness (QED) is 0.347. The molecule has 0 radical (unpaired) electrons. The van der Waals surface area contributed by atoms with E-state index >= 15 is 0 Å². The van der Waals surface area contributed by atoms with Crippen LogP contribution in [0.2, 0.25) is 0 Å². The van der Waals surface area contributed by atoms with Crippen molar-refractivity contribution in [3.05, 3.63) is 39.9 Å². The van der Waals surface area contributed by atoms with Gasteiger partial charge >= 0.3 is 0 Å². The summed E-state index contributed by atoms with van der Waals surface area (Å²) >= 11 is 0. The molecular weight excluding hydrogens is 216 g/mol. The van der Waals surface area contributed by atoms with E-state index in [1.165, 1.54) is 12.1 Å². The summed E-state index contributed by atoms with van der Waals surface area (Å²) < 4.78 is 0. The number of rotatable bonds is 3. The molecule has 0 heterocycles. The highest BCUT2D eigenvalue weighted by molar-refractivity contribution is 5.80. The molecule has 0 spiro atoms. The summed E-state index contributed by atoms with van der Waals surface area (Å²) in [6.07, 6.45) is 1.67. The average Bonchev–Trinajstić information content (AvgIpc) is 2.29. The van der Waals surface area contributed by atoms with E-state index in [2.05, 4.69) is 16.8 Å². The zero-order valence-corrected chi connectivity index (χ0v) is 9.88. The van der Waals surface area contributed by atoms with Gasteiger partial charge in [-0.25, -0.2) is 0 Å². The highest BCUT2D eigenvalue weighted by atomic mass is 16.6. The van der Waals surface area contributed by atoms with Gasteiger partial charge in [0.05, 0.1) is 11.5 Å². The van der Waals surface area contributed by atoms with E-state index in [1.807, 2.05) is 13.8 Å². The molecule has 0 unspecified atom stereocenters. The van der Waals surface area contributed by atoms with Crippen LogP contribution in [0.15, 0.2) is 29.3 Å². The van der Waals surface area contributed by atoms with Crippen molar-refractivity contribution in [1.82, 2.24) is 0 Å². The number of hydrogen-bond acceptors (Lipinski definition) is 3. The third kappa shape index (κ3) is 4.94. The summed E-state index contributed by atoms with van der Waals surface area (Å²) in [5.74, 6) is 6.28. The fourth-order valence-corrected chi connectivity index (χ4v) is 1.13. The molecule has 0 aliphatic rings. The first-order valence-electron chi connectivity index (χ1n) is 5.32. The van der Waals surface area contributed by atoms with Gasteiger partial charge in [-0.05, 0) is 17.7 Å². The predicted molar refractivity (Wildman–Crippen MR) is 68.2 cm³/mol. The first-order chi connectivity index (χ1) is 8.09. The largest absolute Gasteiger partial charge is 0.280 e. The van der Waals surface area contributed by atoms with Gasteiger partial charge < -0.3 is 0 Å².